The first-order chi connectivity index (χ1) is 9.65. The van der Waals surface area contributed by atoms with Crippen molar-refractivity contribution in [3.05, 3.63) is 18.5 Å². The Morgan fingerprint density at radius 3 is 2.55 bits per heavy atom. The highest BCUT2D eigenvalue weighted by atomic mass is 16.4. The van der Waals surface area contributed by atoms with Crippen LogP contribution in [0.1, 0.15) is 0 Å². The fourth-order valence-corrected chi connectivity index (χ4v) is 2.51. The third-order valence-corrected chi connectivity index (χ3v) is 3.67. The molecular weight excluding hydrogens is 262 g/mol. The highest BCUT2D eigenvalue weighted by molar-refractivity contribution is 5.83. The van der Waals surface area contributed by atoms with Crippen LogP contribution in [-0.2, 0) is 4.79 Å². The van der Waals surface area contributed by atoms with E-state index < -0.39 is 6.09 Å². The minimum absolute atomic E-state index is 0.00116. The van der Waals surface area contributed by atoms with Crippen LogP contribution in [0.3, 0.4) is 0 Å². The van der Waals surface area contributed by atoms with Crippen molar-refractivity contribution in [3.8, 4) is 0 Å². The van der Waals surface area contributed by atoms with E-state index in [0.717, 1.165) is 0 Å². The summed E-state index contributed by atoms with van der Waals surface area (Å²) in [7, 11) is 0. The molecule has 2 fully saturated rings. The molecule has 2 aliphatic rings. The summed E-state index contributed by atoms with van der Waals surface area (Å²) < 4.78 is 0. The van der Waals surface area contributed by atoms with Gasteiger partial charge in [0.1, 0.15) is 6.54 Å². The van der Waals surface area contributed by atoms with E-state index in [9.17, 15) is 9.59 Å². The quantitative estimate of drug-likeness (QED) is 0.783. The van der Waals surface area contributed by atoms with E-state index in [1.165, 1.54) is 4.90 Å². The van der Waals surface area contributed by atoms with Crippen LogP contribution in [-0.4, -0.2) is 75.6 Å². The number of anilines is 1. The highest BCUT2D eigenvalue weighted by Crippen LogP contribution is 2.19. The Hall–Kier alpha value is -2.38. The maximum absolute atomic E-state index is 12.2. The van der Waals surface area contributed by atoms with E-state index in [4.69, 9.17) is 5.11 Å². The van der Waals surface area contributed by atoms with Gasteiger partial charge < -0.3 is 19.8 Å². The molecule has 0 unspecified atom stereocenters. The van der Waals surface area contributed by atoms with E-state index in [-0.39, 0.29) is 18.5 Å². The van der Waals surface area contributed by atoms with Gasteiger partial charge in [-0.1, -0.05) is 0 Å². The molecule has 8 nitrogen and oxygen atoms in total. The second kappa shape index (κ2) is 4.95. The van der Waals surface area contributed by atoms with Gasteiger partial charge in [0.25, 0.3) is 0 Å². The lowest BCUT2D eigenvalue weighted by molar-refractivity contribution is -0.136. The Kier molecular flexibility index (Phi) is 3.13. The molecule has 0 aromatic carbocycles. The maximum Gasteiger partial charge on any atom is 0.407 e. The summed E-state index contributed by atoms with van der Waals surface area (Å²) in [6.07, 6.45) is 2.37. The van der Waals surface area contributed by atoms with Crippen LogP contribution in [0, 0.1) is 0 Å². The number of rotatable bonds is 2. The normalized spacial score (nSPS) is 20.0. The molecule has 1 aromatic heterocycles. The van der Waals surface area contributed by atoms with Crippen LogP contribution in [0.2, 0.25) is 0 Å². The van der Waals surface area contributed by atoms with Gasteiger partial charge >= 0.3 is 6.09 Å². The van der Waals surface area contributed by atoms with Gasteiger partial charge in [0.2, 0.25) is 11.9 Å². The third kappa shape index (κ3) is 2.24. The Morgan fingerprint density at radius 2 is 1.95 bits per heavy atom. The SMILES string of the molecule is O=C(O)N1CC(N2CCN(c3ncccn3)CC2=O)C1. The second-order valence-corrected chi connectivity index (χ2v) is 4.90. The third-order valence-electron chi connectivity index (χ3n) is 3.67. The molecule has 0 spiro atoms. The summed E-state index contributed by atoms with van der Waals surface area (Å²) in [5, 5.41) is 8.80. The zero-order chi connectivity index (χ0) is 14.1. The molecule has 0 aliphatic carbocycles. The average Bonchev–Trinajstić information content (AvgIpc) is 2.39. The zero-order valence-corrected chi connectivity index (χ0v) is 10.8. The zero-order valence-electron chi connectivity index (χ0n) is 10.8. The summed E-state index contributed by atoms with van der Waals surface area (Å²) in [6, 6.07) is 1.74. The van der Waals surface area contributed by atoms with Crippen molar-refractivity contribution >= 4 is 17.9 Å². The van der Waals surface area contributed by atoms with E-state index in [1.54, 1.807) is 23.4 Å². The van der Waals surface area contributed by atoms with E-state index in [0.29, 0.717) is 32.1 Å². The number of amides is 2. The molecule has 3 heterocycles. The number of carbonyl (C=O) groups is 2. The predicted molar refractivity (Wildman–Crippen MR) is 69.3 cm³/mol. The molecule has 0 radical (unpaired) electrons. The second-order valence-electron chi connectivity index (χ2n) is 4.90. The Labute approximate surface area is 115 Å². The minimum atomic E-state index is -0.926. The fraction of sp³-hybridized carbons (Fsp3) is 0.500. The lowest BCUT2D eigenvalue weighted by Gasteiger charge is -2.46. The standard InChI is InChI=1S/C12H15N5O3/c18-10-8-15(11-13-2-1-3-14-11)4-5-17(10)9-6-16(7-9)12(19)20/h1-3,9H,4-8H2,(H,19,20). The number of piperazine rings is 1. The number of nitrogens with zero attached hydrogens (tertiary/aromatic N) is 5. The van der Waals surface area contributed by atoms with Gasteiger partial charge in [0.05, 0.1) is 6.04 Å². The molecule has 0 atom stereocenters. The number of hydrogen-bond acceptors (Lipinski definition) is 5. The van der Waals surface area contributed by atoms with Gasteiger partial charge in [0, 0.05) is 38.6 Å². The summed E-state index contributed by atoms with van der Waals surface area (Å²) in [5.74, 6) is 0.556. The summed E-state index contributed by atoms with van der Waals surface area (Å²) in [6.45, 7) is 2.30. The average molecular weight is 277 g/mol. The molecule has 1 aromatic rings. The summed E-state index contributed by atoms with van der Waals surface area (Å²) >= 11 is 0. The number of carbonyl (C=O) groups excluding carboxylic acids is 1. The smallest absolute Gasteiger partial charge is 0.407 e. The van der Waals surface area contributed by atoms with Crippen molar-refractivity contribution in [2.24, 2.45) is 0 Å². The van der Waals surface area contributed by atoms with Gasteiger partial charge in [-0.3, -0.25) is 4.79 Å². The van der Waals surface area contributed by atoms with Gasteiger partial charge in [0.15, 0.2) is 0 Å². The summed E-state index contributed by atoms with van der Waals surface area (Å²) in [4.78, 5) is 36.1. The Bertz CT molecular complexity index is 517. The molecule has 2 aliphatic heterocycles. The molecule has 1 N–H and O–H groups in total. The minimum Gasteiger partial charge on any atom is -0.465 e. The largest absolute Gasteiger partial charge is 0.465 e. The molecule has 3 rings (SSSR count). The molecule has 106 valence electrons. The number of likely N-dealkylation sites (tertiary alicyclic amines) is 1. The van der Waals surface area contributed by atoms with Crippen LogP contribution in [0.25, 0.3) is 0 Å². The molecule has 2 saturated heterocycles. The van der Waals surface area contributed by atoms with Crippen molar-refractivity contribution in [1.29, 1.82) is 0 Å². The van der Waals surface area contributed by atoms with Crippen molar-refractivity contribution < 1.29 is 14.7 Å². The highest BCUT2D eigenvalue weighted by Gasteiger charge is 2.39. The lowest BCUT2D eigenvalue weighted by atomic mass is 10.1. The lowest BCUT2D eigenvalue weighted by Crippen LogP contribution is -2.65. The predicted octanol–water partition coefficient (Wildman–Crippen LogP) is -0.513. The van der Waals surface area contributed by atoms with Crippen molar-refractivity contribution in [2.45, 2.75) is 6.04 Å². The molecule has 2 amide bonds. The Morgan fingerprint density at radius 1 is 1.25 bits per heavy atom. The first-order valence-corrected chi connectivity index (χ1v) is 6.44. The first-order valence-electron chi connectivity index (χ1n) is 6.44. The molecular formula is C12H15N5O3. The fourth-order valence-electron chi connectivity index (χ4n) is 2.51. The van der Waals surface area contributed by atoms with Gasteiger partial charge in [-0.15, -0.1) is 0 Å². The van der Waals surface area contributed by atoms with Crippen molar-refractivity contribution in [1.82, 2.24) is 19.8 Å². The van der Waals surface area contributed by atoms with Gasteiger partial charge in [-0.2, -0.15) is 0 Å². The molecule has 0 saturated carbocycles. The van der Waals surface area contributed by atoms with Gasteiger partial charge in [-0.25, -0.2) is 14.8 Å². The van der Waals surface area contributed by atoms with Crippen LogP contribution in [0.4, 0.5) is 10.7 Å². The number of carboxylic acid groups (broad SMARTS) is 1. The van der Waals surface area contributed by atoms with Crippen molar-refractivity contribution in [3.63, 3.8) is 0 Å². The van der Waals surface area contributed by atoms with Crippen LogP contribution >= 0.6 is 0 Å². The Balaban J connectivity index is 1.58. The molecule has 20 heavy (non-hydrogen) atoms. The van der Waals surface area contributed by atoms with Crippen LogP contribution < -0.4 is 4.90 Å². The van der Waals surface area contributed by atoms with Gasteiger partial charge in [-0.05, 0) is 6.07 Å². The molecule has 0 bridgehead atoms. The van der Waals surface area contributed by atoms with E-state index in [2.05, 4.69) is 9.97 Å². The summed E-state index contributed by atoms with van der Waals surface area (Å²) in [5.41, 5.74) is 0. The first kappa shape index (κ1) is 12.6. The van der Waals surface area contributed by atoms with Crippen molar-refractivity contribution in [2.75, 3.05) is 37.6 Å². The monoisotopic (exact) mass is 277 g/mol. The van der Waals surface area contributed by atoms with Crippen LogP contribution in [0.5, 0.6) is 0 Å². The van der Waals surface area contributed by atoms with E-state index >= 15 is 0 Å². The number of aromatic nitrogens is 2. The van der Waals surface area contributed by atoms with E-state index in [1.807, 2.05) is 4.90 Å². The van der Waals surface area contributed by atoms with Crippen LogP contribution in [0.15, 0.2) is 18.5 Å². The molecule has 8 heteroatoms. The number of hydrogen-bond donors (Lipinski definition) is 1. The maximum atomic E-state index is 12.2. The topological polar surface area (TPSA) is 89.9 Å².